The van der Waals surface area contributed by atoms with Crippen molar-refractivity contribution in [2.75, 3.05) is 13.2 Å². The maximum atomic E-state index is 12.3. The third kappa shape index (κ3) is 7.85. The van der Waals surface area contributed by atoms with Crippen molar-refractivity contribution >= 4 is 7.82 Å². The Hall–Kier alpha value is -0.380. The van der Waals surface area contributed by atoms with E-state index in [-0.39, 0.29) is 0 Å². The third-order valence-electron chi connectivity index (χ3n) is 1.40. The second-order valence-corrected chi connectivity index (χ2v) is 4.46. The highest BCUT2D eigenvalue weighted by atomic mass is 31.2. The number of hydrogen-bond acceptors (Lipinski definition) is 3. The van der Waals surface area contributed by atoms with Gasteiger partial charge in [-0.25, -0.2) is 22.1 Å². The van der Waals surface area contributed by atoms with E-state index in [9.17, 15) is 35.3 Å². The summed E-state index contributed by atoms with van der Waals surface area (Å²) in [5.74, 6) is -4.47. The quantitative estimate of drug-likeness (QED) is 0.580. The minimum absolute atomic E-state index is 1.36. The van der Waals surface area contributed by atoms with Gasteiger partial charge in [0.1, 0.15) is 0 Å². The van der Waals surface area contributed by atoms with Gasteiger partial charge in [0.25, 0.3) is 0 Å². The first kappa shape index (κ1) is 17.6. The lowest BCUT2D eigenvalue weighted by Gasteiger charge is -2.17. The molecular weight excluding hydrogens is 300 g/mol. The summed E-state index contributed by atoms with van der Waals surface area (Å²) < 4.78 is 100. The summed E-state index contributed by atoms with van der Waals surface area (Å²) >= 11 is 0. The van der Waals surface area contributed by atoms with Crippen molar-refractivity contribution in [1.29, 1.82) is 0 Å². The van der Waals surface area contributed by atoms with Gasteiger partial charge in [0.15, 0.2) is 6.61 Å². The molecule has 0 spiro atoms. The van der Waals surface area contributed by atoms with Crippen LogP contribution < -0.4 is 0 Å². The molecule has 1 atom stereocenters. The monoisotopic (exact) mass is 308 g/mol. The van der Waals surface area contributed by atoms with Gasteiger partial charge in [-0.1, -0.05) is 0 Å². The Morgan fingerprint density at radius 3 is 2.00 bits per heavy atom. The van der Waals surface area contributed by atoms with E-state index >= 15 is 0 Å². The molecule has 0 saturated heterocycles. The van der Waals surface area contributed by atoms with Crippen LogP contribution in [0.4, 0.5) is 30.7 Å². The molecular formula is C6H8F7O4P. The van der Waals surface area contributed by atoms with Gasteiger partial charge in [-0.2, -0.15) is 13.2 Å². The van der Waals surface area contributed by atoms with Crippen molar-refractivity contribution in [2.24, 2.45) is 0 Å². The van der Waals surface area contributed by atoms with E-state index in [0.717, 1.165) is 0 Å². The zero-order valence-electron chi connectivity index (χ0n) is 8.46. The first-order valence-corrected chi connectivity index (χ1v) is 5.70. The van der Waals surface area contributed by atoms with Gasteiger partial charge in [-0.3, -0.25) is 9.05 Å². The molecule has 110 valence electrons. The number of hydrogen-bond donors (Lipinski definition) is 1. The molecule has 0 aliphatic rings. The van der Waals surface area contributed by atoms with Gasteiger partial charge in [0.05, 0.1) is 6.61 Å². The molecule has 0 rings (SSSR count). The molecule has 18 heavy (non-hydrogen) atoms. The van der Waals surface area contributed by atoms with E-state index in [1.807, 2.05) is 0 Å². The molecule has 0 fully saturated rings. The average molecular weight is 308 g/mol. The molecule has 12 heteroatoms. The molecule has 0 radical (unpaired) electrons. The van der Waals surface area contributed by atoms with E-state index in [0.29, 0.717) is 0 Å². The normalized spacial score (nSPS) is 16.9. The molecule has 0 aromatic heterocycles. The molecule has 0 aromatic rings. The first-order chi connectivity index (χ1) is 7.86. The highest BCUT2D eigenvalue weighted by molar-refractivity contribution is 7.47. The second kappa shape index (κ2) is 6.18. The Morgan fingerprint density at radius 1 is 1.11 bits per heavy atom. The van der Waals surface area contributed by atoms with Crippen molar-refractivity contribution in [3.63, 3.8) is 0 Å². The summed E-state index contributed by atoms with van der Waals surface area (Å²) in [4.78, 5) is 8.59. The van der Waals surface area contributed by atoms with Crippen LogP contribution in [-0.2, 0) is 13.6 Å². The fourth-order valence-electron chi connectivity index (χ4n) is 0.598. The standard InChI is InChI=1S/C6H8F7O4P/c7-4(8)5(9,10)1-2-16-18(14,15)17-3-6(11,12)13/h4H,1-3H2,(H,14,15). The number of rotatable bonds is 7. The van der Waals surface area contributed by atoms with E-state index in [4.69, 9.17) is 4.89 Å². The van der Waals surface area contributed by atoms with Crippen molar-refractivity contribution in [2.45, 2.75) is 24.9 Å². The molecule has 0 aliphatic heterocycles. The molecule has 0 aliphatic carbocycles. The molecule has 0 aromatic carbocycles. The van der Waals surface area contributed by atoms with Crippen LogP contribution in [0.25, 0.3) is 0 Å². The summed E-state index contributed by atoms with van der Waals surface area (Å²) in [5, 5.41) is 0. The van der Waals surface area contributed by atoms with Crippen molar-refractivity contribution < 1.29 is 49.2 Å². The van der Waals surface area contributed by atoms with Crippen molar-refractivity contribution in [3.05, 3.63) is 0 Å². The molecule has 1 N–H and O–H groups in total. The van der Waals surface area contributed by atoms with Gasteiger partial charge >= 0.3 is 26.3 Å². The Morgan fingerprint density at radius 2 is 1.61 bits per heavy atom. The molecule has 1 unspecified atom stereocenters. The first-order valence-electron chi connectivity index (χ1n) is 4.20. The molecule has 0 saturated carbocycles. The molecule has 4 nitrogen and oxygen atoms in total. The lowest BCUT2D eigenvalue weighted by Crippen LogP contribution is -2.28. The number of phosphoric acid groups is 1. The zero-order valence-corrected chi connectivity index (χ0v) is 9.36. The van der Waals surface area contributed by atoms with Crippen molar-refractivity contribution in [1.82, 2.24) is 0 Å². The topological polar surface area (TPSA) is 55.8 Å². The smallest absolute Gasteiger partial charge is 0.302 e. The van der Waals surface area contributed by atoms with E-state index in [1.54, 1.807) is 0 Å². The van der Waals surface area contributed by atoms with Gasteiger partial charge in [-0.15, -0.1) is 0 Å². The second-order valence-electron chi connectivity index (χ2n) is 3.00. The number of halogens is 7. The minimum Gasteiger partial charge on any atom is -0.302 e. The Kier molecular flexibility index (Phi) is 6.05. The Labute approximate surface area is 96.3 Å². The SMILES string of the molecule is O=P(O)(OCCC(F)(F)C(F)F)OCC(F)(F)F. The predicted molar refractivity (Wildman–Crippen MR) is 43.4 cm³/mol. The highest BCUT2D eigenvalue weighted by Crippen LogP contribution is 2.45. The van der Waals surface area contributed by atoms with Gasteiger partial charge < -0.3 is 4.89 Å². The predicted octanol–water partition coefficient (Wildman–Crippen LogP) is 2.97. The summed E-state index contributed by atoms with van der Waals surface area (Å²) in [6.07, 6.45) is -10.6. The fraction of sp³-hybridized carbons (Fsp3) is 1.00. The largest absolute Gasteiger partial charge is 0.472 e. The van der Waals surface area contributed by atoms with Crippen LogP contribution in [0.1, 0.15) is 6.42 Å². The lowest BCUT2D eigenvalue weighted by molar-refractivity contribution is -0.159. The van der Waals surface area contributed by atoms with E-state index in [1.165, 1.54) is 0 Å². The third-order valence-corrected chi connectivity index (χ3v) is 2.36. The van der Waals surface area contributed by atoms with E-state index in [2.05, 4.69) is 9.05 Å². The maximum absolute atomic E-state index is 12.3. The fourth-order valence-corrected chi connectivity index (χ4v) is 1.30. The van der Waals surface area contributed by atoms with Crippen LogP contribution in [0, 0.1) is 0 Å². The molecule has 0 heterocycles. The van der Waals surface area contributed by atoms with Crippen LogP contribution in [0.15, 0.2) is 0 Å². The molecule has 0 bridgehead atoms. The summed E-state index contributed by atoms with van der Waals surface area (Å²) in [6.45, 7) is -3.49. The maximum Gasteiger partial charge on any atom is 0.472 e. The summed E-state index contributed by atoms with van der Waals surface area (Å²) in [7, 11) is -5.20. The Bertz CT molecular complexity index is 305. The van der Waals surface area contributed by atoms with Crippen LogP contribution in [-0.4, -0.2) is 36.6 Å². The van der Waals surface area contributed by atoms with Crippen LogP contribution >= 0.6 is 7.82 Å². The molecule has 0 amide bonds. The van der Waals surface area contributed by atoms with E-state index < -0.39 is 46.0 Å². The lowest BCUT2D eigenvalue weighted by atomic mass is 10.2. The van der Waals surface area contributed by atoms with Crippen LogP contribution in [0.2, 0.25) is 0 Å². The van der Waals surface area contributed by atoms with Crippen LogP contribution in [0.3, 0.4) is 0 Å². The van der Waals surface area contributed by atoms with Crippen molar-refractivity contribution in [3.8, 4) is 0 Å². The number of phosphoric ester groups is 1. The minimum atomic E-state index is -5.20. The van der Waals surface area contributed by atoms with Crippen LogP contribution in [0.5, 0.6) is 0 Å². The van der Waals surface area contributed by atoms with Gasteiger partial charge in [-0.05, 0) is 0 Å². The van der Waals surface area contributed by atoms with Gasteiger partial charge in [0.2, 0.25) is 0 Å². The summed E-state index contributed by atoms with van der Waals surface area (Å²) in [5.41, 5.74) is 0. The van der Waals surface area contributed by atoms with Gasteiger partial charge in [0, 0.05) is 6.42 Å². The average Bonchev–Trinajstić information content (AvgIpc) is 2.13. The highest BCUT2D eigenvalue weighted by Gasteiger charge is 2.41. The zero-order chi connectivity index (χ0) is 14.6. The number of alkyl halides is 7. The summed E-state index contributed by atoms with van der Waals surface area (Å²) in [6, 6.07) is 0. The Balaban J connectivity index is 4.09.